The van der Waals surface area contributed by atoms with E-state index < -0.39 is 5.82 Å². The third-order valence-electron chi connectivity index (χ3n) is 1.25. The lowest BCUT2D eigenvalue weighted by Gasteiger charge is -1.98. The van der Waals surface area contributed by atoms with Crippen molar-refractivity contribution >= 4 is 24.0 Å². The van der Waals surface area contributed by atoms with Crippen molar-refractivity contribution in [2.75, 3.05) is 0 Å². The Morgan fingerprint density at radius 3 is 2.55 bits per heavy atom. The third-order valence-corrected chi connectivity index (χ3v) is 1.54. The summed E-state index contributed by atoms with van der Waals surface area (Å²) in [6.07, 6.45) is 0. The number of hydrogen-bond donors (Lipinski definition) is 1. The zero-order valence-electron chi connectivity index (χ0n) is 5.68. The summed E-state index contributed by atoms with van der Waals surface area (Å²) in [6, 6.07) is 4.78. The van der Waals surface area contributed by atoms with Crippen LogP contribution in [0.4, 0.5) is 4.39 Å². The second-order valence-corrected chi connectivity index (χ2v) is 2.32. The lowest BCUT2D eigenvalue weighted by molar-refractivity contribution is 0.611. The average molecular weight is 196 g/mol. The van der Waals surface area contributed by atoms with Gasteiger partial charge in [0.15, 0.2) is 0 Å². The van der Waals surface area contributed by atoms with Gasteiger partial charge in [0.1, 0.15) is 5.82 Å². The maximum Gasteiger partial charge on any atom is 0.146 e. The van der Waals surface area contributed by atoms with E-state index in [0.29, 0.717) is 5.56 Å². The molecule has 0 spiro atoms. The topological polar surface area (TPSA) is 26.0 Å². The first-order chi connectivity index (χ1) is 4.75. The first kappa shape index (κ1) is 10.7. The molecule has 2 N–H and O–H groups in total. The number of benzene rings is 1. The Kier molecular flexibility index (Phi) is 4.42. The van der Waals surface area contributed by atoms with Crippen molar-refractivity contribution in [2.24, 2.45) is 5.73 Å². The largest absolute Gasteiger partial charge is 0.326 e. The van der Waals surface area contributed by atoms with E-state index >= 15 is 0 Å². The number of hydrogen-bond acceptors (Lipinski definition) is 1. The summed E-state index contributed by atoms with van der Waals surface area (Å²) in [7, 11) is 0. The fourth-order valence-electron chi connectivity index (χ4n) is 0.706. The van der Waals surface area contributed by atoms with Crippen molar-refractivity contribution in [3.05, 3.63) is 34.6 Å². The van der Waals surface area contributed by atoms with Crippen LogP contribution in [-0.4, -0.2) is 0 Å². The lowest BCUT2D eigenvalue weighted by Crippen LogP contribution is -1.99. The van der Waals surface area contributed by atoms with Gasteiger partial charge in [-0.05, 0) is 6.07 Å². The Balaban J connectivity index is 0.000001000. The van der Waals surface area contributed by atoms with Gasteiger partial charge >= 0.3 is 0 Å². The van der Waals surface area contributed by atoms with Gasteiger partial charge in [-0.3, -0.25) is 0 Å². The molecule has 0 aliphatic carbocycles. The van der Waals surface area contributed by atoms with Crippen LogP contribution in [0.5, 0.6) is 0 Å². The molecule has 0 atom stereocenters. The van der Waals surface area contributed by atoms with Gasteiger partial charge in [-0.1, -0.05) is 23.7 Å². The van der Waals surface area contributed by atoms with Crippen molar-refractivity contribution in [2.45, 2.75) is 6.54 Å². The fourth-order valence-corrected chi connectivity index (χ4v) is 0.900. The minimum Gasteiger partial charge on any atom is -0.326 e. The first-order valence-electron chi connectivity index (χ1n) is 2.88. The fraction of sp³-hybridized carbons (Fsp3) is 0.143. The molecule has 0 fully saturated rings. The molecule has 1 nitrogen and oxygen atoms in total. The number of halogens is 3. The highest BCUT2D eigenvalue weighted by molar-refractivity contribution is 6.30. The standard InChI is InChI=1S/C7H7ClFN.ClH/c8-6-3-1-2-5(4-10)7(6)9;/h1-3H,4,10H2;1H. The second kappa shape index (κ2) is 4.54. The Morgan fingerprint density at radius 2 is 2.09 bits per heavy atom. The molecule has 0 unspecified atom stereocenters. The molecule has 0 aliphatic heterocycles. The third kappa shape index (κ3) is 2.33. The summed E-state index contributed by atoms with van der Waals surface area (Å²) >= 11 is 5.46. The molecule has 0 heterocycles. The molecule has 1 aromatic rings. The smallest absolute Gasteiger partial charge is 0.146 e. The highest BCUT2D eigenvalue weighted by Crippen LogP contribution is 2.16. The van der Waals surface area contributed by atoms with E-state index in [-0.39, 0.29) is 24.0 Å². The molecule has 1 rings (SSSR count). The molecule has 0 aliphatic rings. The Morgan fingerprint density at radius 1 is 1.45 bits per heavy atom. The molecule has 0 saturated carbocycles. The summed E-state index contributed by atoms with van der Waals surface area (Å²) < 4.78 is 12.8. The number of nitrogens with two attached hydrogens (primary N) is 1. The van der Waals surface area contributed by atoms with Crippen LogP contribution in [0, 0.1) is 5.82 Å². The maximum atomic E-state index is 12.8. The zero-order valence-corrected chi connectivity index (χ0v) is 7.25. The van der Waals surface area contributed by atoms with Crippen LogP contribution in [0.2, 0.25) is 5.02 Å². The van der Waals surface area contributed by atoms with Gasteiger partial charge in [-0.25, -0.2) is 4.39 Å². The Hall–Kier alpha value is -0.310. The van der Waals surface area contributed by atoms with Crippen LogP contribution in [0.1, 0.15) is 5.56 Å². The van der Waals surface area contributed by atoms with Crippen molar-refractivity contribution in [3.8, 4) is 0 Å². The molecule has 4 heteroatoms. The molecule has 62 valence electrons. The molecular formula is C7H8Cl2FN. The molecular weight excluding hydrogens is 188 g/mol. The second-order valence-electron chi connectivity index (χ2n) is 1.92. The summed E-state index contributed by atoms with van der Waals surface area (Å²) in [4.78, 5) is 0. The van der Waals surface area contributed by atoms with E-state index in [4.69, 9.17) is 17.3 Å². The van der Waals surface area contributed by atoms with Gasteiger partial charge in [0.2, 0.25) is 0 Å². The minimum atomic E-state index is -0.410. The van der Waals surface area contributed by atoms with Crippen LogP contribution in [-0.2, 0) is 6.54 Å². The van der Waals surface area contributed by atoms with Crippen molar-refractivity contribution in [1.82, 2.24) is 0 Å². The monoisotopic (exact) mass is 195 g/mol. The quantitative estimate of drug-likeness (QED) is 0.732. The van der Waals surface area contributed by atoms with Crippen LogP contribution in [0.3, 0.4) is 0 Å². The van der Waals surface area contributed by atoms with Gasteiger partial charge in [-0.2, -0.15) is 0 Å². The highest BCUT2D eigenvalue weighted by Gasteiger charge is 2.02. The number of rotatable bonds is 1. The molecule has 1 aromatic carbocycles. The van der Waals surface area contributed by atoms with E-state index in [1.54, 1.807) is 12.1 Å². The molecule has 0 aromatic heterocycles. The van der Waals surface area contributed by atoms with E-state index in [9.17, 15) is 4.39 Å². The Bertz CT molecular complexity index is 240. The molecule has 0 radical (unpaired) electrons. The van der Waals surface area contributed by atoms with Crippen LogP contribution >= 0.6 is 24.0 Å². The Labute approximate surface area is 75.8 Å². The van der Waals surface area contributed by atoms with E-state index in [0.717, 1.165) is 0 Å². The van der Waals surface area contributed by atoms with Gasteiger partial charge < -0.3 is 5.73 Å². The molecule has 0 saturated heterocycles. The van der Waals surface area contributed by atoms with Gasteiger partial charge in [0.05, 0.1) is 5.02 Å². The highest BCUT2D eigenvalue weighted by atomic mass is 35.5. The summed E-state index contributed by atoms with van der Waals surface area (Å²) in [5.41, 5.74) is 5.67. The van der Waals surface area contributed by atoms with Crippen molar-refractivity contribution < 1.29 is 4.39 Å². The predicted molar refractivity (Wildman–Crippen MR) is 46.5 cm³/mol. The molecule has 11 heavy (non-hydrogen) atoms. The normalized spacial score (nSPS) is 9.00. The van der Waals surface area contributed by atoms with E-state index in [1.165, 1.54) is 6.07 Å². The first-order valence-corrected chi connectivity index (χ1v) is 3.26. The van der Waals surface area contributed by atoms with E-state index in [2.05, 4.69) is 0 Å². The molecule has 0 bridgehead atoms. The zero-order chi connectivity index (χ0) is 7.56. The SMILES string of the molecule is Cl.NCc1cccc(Cl)c1F. The maximum absolute atomic E-state index is 12.8. The average Bonchev–Trinajstić information content (AvgIpc) is 1.95. The van der Waals surface area contributed by atoms with Gasteiger partial charge in [-0.15, -0.1) is 12.4 Å². The minimum absolute atomic E-state index is 0. The molecule has 0 amide bonds. The van der Waals surface area contributed by atoms with Crippen LogP contribution in [0.25, 0.3) is 0 Å². The van der Waals surface area contributed by atoms with Crippen molar-refractivity contribution in [3.63, 3.8) is 0 Å². The van der Waals surface area contributed by atoms with Crippen LogP contribution in [0.15, 0.2) is 18.2 Å². The summed E-state index contributed by atoms with van der Waals surface area (Å²) in [5.74, 6) is -0.410. The van der Waals surface area contributed by atoms with Gasteiger partial charge in [0, 0.05) is 12.1 Å². The predicted octanol–water partition coefficient (Wildman–Crippen LogP) is 2.36. The summed E-state index contributed by atoms with van der Waals surface area (Å²) in [5, 5.41) is 0.128. The van der Waals surface area contributed by atoms with Crippen molar-refractivity contribution in [1.29, 1.82) is 0 Å². The lowest BCUT2D eigenvalue weighted by atomic mass is 10.2. The summed E-state index contributed by atoms with van der Waals surface area (Å²) in [6.45, 7) is 0.187. The van der Waals surface area contributed by atoms with E-state index in [1.807, 2.05) is 0 Å². The van der Waals surface area contributed by atoms with Crippen LogP contribution < -0.4 is 5.73 Å². The van der Waals surface area contributed by atoms with Gasteiger partial charge in [0.25, 0.3) is 0 Å².